The van der Waals surface area contributed by atoms with E-state index < -0.39 is 0 Å². The summed E-state index contributed by atoms with van der Waals surface area (Å²) in [5, 5.41) is 5.81. The minimum Gasteiger partial charge on any atom is -0.308 e. The van der Waals surface area contributed by atoms with E-state index >= 15 is 0 Å². The van der Waals surface area contributed by atoms with Gasteiger partial charge >= 0.3 is 0 Å². The van der Waals surface area contributed by atoms with E-state index in [0.29, 0.717) is 0 Å². The van der Waals surface area contributed by atoms with E-state index in [-0.39, 0.29) is 7.43 Å². The second-order valence-corrected chi connectivity index (χ2v) is 0.884. The zero-order valence-electron chi connectivity index (χ0n) is 3.71. The van der Waals surface area contributed by atoms with E-state index in [2.05, 4.69) is 10.6 Å². The second kappa shape index (κ2) is 8.87. The molecule has 0 aliphatic heterocycles. The predicted molar refractivity (Wildman–Crippen MR) is 29.7 cm³/mol. The van der Waals surface area contributed by atoms with Crippen molar-refractivity contribution >= 4 is 0 Å². The molecule has 0 aromatic rings. The van der Waals surface area contributed by atoms with Gasteiger partial charge in [0, 0.05) is 6.67 Å². The quantitative estimate of drug-likeness (QED) is 0.467. The molecule has 0 unspecified atom stereocenters. The molecule has 6 heavy (non-hydrogen) atoms. The van der Waals surface area contributed by atoms with Crippen LogP contribution in [0.2, 0.25) is 0 Å². The zero-order chi connectivity index (χ0) is 4.12. The van der Waals surface area contributed by atoms with Crippen molar-refractivity contribution in [1.29, 1.82) is 0 Å². The highest BCUT2D eigenvalue weighted by atomic mass is 15.0. The lowest BCUT2D eigenvalue weighted by Gasteiger charge is -1.88. The van der Waals surface area contributed by atoms with E-state index in [1.54, 1.807) is 0 Å². The van der Waals surface area contributed by atoms with Crippen molar-refractivity contribution in [2.75, 3.05) is 20.8 Å². The Morgan fingerprint density at radius 2 is 1.50 bits per heavy atom. The van der Waals surface area contributed by atoms with Crippen molar-refractivity contribution in [3.05, 3.63) is 0 Å². The third-order valence-electron chi connectivity index (χ3n) is 0.354. The molecule has 0 bridgehead atoms. The topological polar surface area (TPSA) is 24.1 Å². The van der Waals surface area contributed by atoms with Crippen LogP contribution in [0.3, 0.4) is 0 Å². The molecular formula is C4H14N2. The van der Waals surface area contributed by atoms with Gasteiger partial charge in [0.2, 0.25) is 0 Å². The highest BCUT2D eigenvalue weighted by molar-refractivity contribution is 4.22. The highest BCUT2D eigenvalue weighted by Crippen LogP contribution is 1.30. The lowest BCUT2D eigenvalue weighted by Crippen LogP contribution is -2.21. The second-order valence-electron chi connectivity index (χ2n) is 0.884. The van der Waals surface area contributed by atoms with Crippen LogP contribution in [0, 0.1) is 0 Å². The summed E-state index contributed by atoms with van der Waals surface area (Å²) in [4.78, 5) is 0. The van der Waals surface area contributed by atoms with Crippen molar-refractivity contribution in [3.8, 4) is 0 Å². The molecule has 0 heterocycles. The number of rotatable bonds is 2. The highest BCUT2D eigenvalue weighted by Gasteiger charge is 1.60. The Morgan fingerprint density at radius 1 is 1.17 bits per heavy atom. The lowest BCUT2D eigenvalue weighted by atomic mass is 11.0. The van der Waals surface area contributed by atoms with E-state index in [1.165, 1.54) is 0 Å². The Morgan fingerprint density at radius 3 is 1.50 bits per heavy atom. The molecule has 0 radical (unpaired) electrons. The van der Waals surface area contributed by atoms with Gasteiger partial charge in [-0.25, -0.2) is 0 Å². The van der Waals surface area contributed by atoms with Crippen LogP contribution in [0.4, 0.5) is 0 Å². The maximum atomic E-state index is 2.91. The van der Waals surface area contributed by atoms with Gasteiger partial charge in [0.05, 0.1) is 0 Å². The first-order valence-corrected chi connectivity index (χ1v) is 1.71. The summed E-state index contributed by atoms with van der Waals surface area (Å²) in [6, 6.07) is 0. The molecule has 0 aliphatic rings. The minimum absolute atomic E-state index is 0. The van der Waals surface area contributed by atoms with E-state index in [1.807, 2.05) is 14.1 Å². The molecule has 0 fully saturated rings. The summed E-state index contributed by atoms with van der Waals surface area (Å²) in [7, 11) is 3.80. The largest absolute Gasteiger partial charge is 0.308 e. The summed E-state index contributed by atoms with van der Waals surface area (Å²) in [5.74, 6) is 0. The number of hydrogen-bond donors (Lipinski definition) is 2. The normalized spacial score (nSPS) is 7.00. The Bertz CT molecular complexity index is 13.0. The molecule has 40 valence electrons. The average Bonchev–Trinajstić information content (AvgIpc) is 1.41. The van der Waals surface area contributed by atoms with Crippen LogP contribution in [0.25, 0.3) is 0 Å². The van der Waals surface area contributed by atoms with Crippen molar-refractivity contribution in [1.82, 2.24) is 10.6 Å². The van der Waals surface area contributed by atoms with Crippen molar-refractivity contribution in [2.24, 2.45) is 0 Å². The molecule has 0 aliphatic carbocycles. The first-order chi connectivity index (χ1) is 2.41. The standard InChI is InChI=1S/C3H10N2.CH4/c1-4-3-5-2;/h4-5H,3H2,1-2H3;1H4. The monoisotopic (exact) mass is 90.1 g/mol. The number of nitrogens with one attached hydrogen (secondary N) is 2. The van der Waals surface area contributed by atoms with Crippen LogP contribution >= 0.6 is 0 Å². The van der Waals surface area contributed by atoms with Crippen LogP contribution in [-0.2, 0) is 0 Å². The molecule has 0 saturated carbocycles. The van der Waals surface area contributed by atoms with Crippen LogP contribution in [-0.4, -0.2) is 20.8 Å². The predicted octanol–water partition coefficient (Wildman–Crippen LogP) is 0.0188. The maximum Gasteiger partial charge on any atom is 0.0449 e. The van der Waals surface area contributed by atoms with Crippen LogP contribution in [0.5, 0.6) is 0 Å². The molecular weight excluding hydrogens is 76.1 g/mol. The molecule has 0 atom stereocenters. The molecule has 2 heteroatoms. The van der Waals surface area contributed by atoms with Gasteiger partial charge in [-0.15, -0.1) is 0 Å². The van der Waals surface area contributed by atoms with Crippen LogP contribution in [0.1, 0.15) is 7.43 Å². The third kappa shape index (κ3) is 9.07. The lowest BCUT2D eigenvalue weighted by molar-refractivity contribution is 0.708. The van der Waals surface area contributed by atoms with Crippen LogP contribution < -0.4 is 10.6 Å². The first kappa shape index (κ1) is 9.33. The molecule has 0 rings (SSSR count). The fourth-order valence-electron chi connectivity index (χ4n) is 0.177. The third-order valence-corrected chi connectivity index (χ3v) is 0.354. The fraction of sp³-hybridized carbons (Fsp3) is 1.00. The van der Waals surface area contributed by atoms with E-state index in [9.17, 15) is 0 Å². The fourth-order valence-corrected chi connectivity index (χ4v) is 0.177. The smallest absolute Gasteiger partial charge is 0.0449 e. The average molecular weight is 90.2 g/mol. The van der Waals surface area contributed by atoms with Gasteiger partial charge in [0.15, 0.2) is 0 Å². The summed E-state index contributed by atoms with van der Waals surface area (Å²) >= 11 is 0. The Balaban J connectivity index is 0. The molecule has 0 saturated heterocycles. The van der Waals surface area contributed by atoms with Gasteiger partial charge in [-0.05, 0) is 14.1 Å². The Hall–Kier alpha value is -0.0800. The van der Waals surface area contributed by atoms with Crippen LogP contribution in [0.15, 0.2) is 0 Å². The zero-order valence-corrected chi connectivity index (χ0v) is 3.71. The van der Waals surface area contributed by atoms with Crippen molar-refractivity contribution in [3.63, 3.8) is 0 Å². The van der Waals surface area contributed by atoms with Gasteiger partial charge in [-0.1, -0.05) is 7.43 Å². The number of hydrogen-bond acceptors (Lipinski definition) is 2. The van der Waals surface area contributed by atoms with Gasteiger partial charge in [-0.2, -0.15) is 0 Å². The van der Waals surface area contributed by atoms with Crippen molar-refractivity contribution < 1.29 is 0 Å². The minimum atomic E-state index is 0. The summed E-state index contributed by atoms with van der Waals surface area (Å²) in [6.07, 6.45) is 0. The molecule has 0 amide bonds. The molecule has 2 nitrogen and oxygen atoms in total. The maximum absolute atomic E-state index is 2.91. The first-order valence-electron chi connectivity index (χ1n) is 1.71. The summed E-state index contributed by atoms with van der Waals surface area (Å²) < 4.78 is 0. The van der Waals surface area contributed by atoms with Crippen molar-refractivity contribution in [2.45, 2.75) is 7.43 Å². The Labute approximate surface area is 39.9 Å². The molecule has 0 aromatic heterocycles. The van der Waals surface area contributed by atoms with Gasteiger partial charge in [0.25, 0.3) is 0 Å². The molecule has 0 spiro atoms. The molecule has 0 aromatic carbocycles. The van der Waals surface area contributed by atoms with Gasteiger partial charge in [0.1, 0.15) is 0 Å². The SMILES string of the molecule is C.CNCNC. The van der Waals surface area contributed by atoms with Gasteiger partial charge < -0.3 is 10.6 Å². The van der Waals surface area contributed by atoms with Gasteiger partial charge in [-0.3, -0.25) is 0 Å². The summed E-state index contributed by atoms with van der Waals surface area (Å²) in [6.45, 7) is 0.889. The van der Waals surface area contributed by atoms with E-state index in [4.69, 9.17) is 0 Å². The molecule has 2 N–H and O–H groups in total. The Kier molecular flexibility index (Phi) is 13.8. The summed E-state index contributed by atoms with van der Waals surface area (Å²) in [5.41, 5.74) is 0. The van der Waals surface area contributed by atoms with E-state index in [0.717, 1.165) is 6.67 Å².